The predicted octanol–water partition coefficient (Wildman–Crippen LogP) is 5.61. The maximum Gasteiger partial charge on any atom is 0.301 e. The maximum absolute atomic E-state index is 13.5. The quantitative estimate of drug-likeness (QED) is 0.212. The van der Waals surface area contributed by atoms with E-state index in [1.807, 2.05) is 87.4 Å². The summed E-state index contributed by atoms with van der Waals surface area (Å²) >= 11 is 1.34. The Bertz CT molecular complexity index is 1540. The van der Waals surface area contributed by atoms with Crippen molar-refractivity contribution in [2.24, 2.45) is 0 Å². The van der Waals surface area contributed by atoms with E-state index in [4.69, 9.17) is 4.74 Å². The SMILES string of the molecule is COc1cc(C)c(/C(O)=C2\C(=O)C(=O)N(c3nc4ccccc4s3)C2c2ccc(N(C)C)cc2)cc1C. The first kappa shape index (κ1) is 24.5. The van der Waals surface area contributed by atoms with E-state index in [0.717, 1.165) is 27.0 Å². The van der Waals surface area contributed by atoms with Crippen LogP contribution in [-0.2, 0) is 9.59 Å². The molecule has 0 aliphatic carbocycles. The van der Waals surface area contributed by atoms with Crippen molar-refractivity contribution >= 4 is 49.8 Å². The van der Waals surface area contributed by atoms with Gasteiger partial charge in [-0.05, 0) is 66.9 Å². The van der Waals surface area contributed by atoms with Gasteiger partial charge in [-0.3, -0.25) is 14.5 Å². The van der Waals surface area contributed by atoms with Gasteiger partial charge in [0.05, 0.1) is 28.9 Å². The Labute approximate surface area is 219 Å². The van der Waals surface area contributed by atoms with Crippen molar-refractivity contribution in [1.82, 2.24) is 4.98 Å². The summed E-state index contributed by atoms with van der Waals surface area (Å²) in [4.78, 5) is 35.1. The second-order valence-electron chi connectivity index (χ2n) is 9.26. The number of nitrogens with zero attached hydrogens (tertiary/aromatic N) is 3. The summed E-state index contributed by atoms with van der Waals surface area (Å²) in [6.07, 6.45) is 0. The fourth-order valence-electron chi connectivity index (χ4n) is 4.67. The number of anilines is 2. The van der Waals surface area contributed by atoms with Gasteiger partial charge in [0.1, 0.15) is 11.5 Å². The van der Waals surface area contributed by atoms with Crippen molar-refractivity contribution in [3.8, 4) is 5.75 Å². The van der Waals surface area contributed by atoms with Gasteiger partial charge in [-0.15, -0.1) is 0 Å². The minimum Gasteiger partial charge on any atom is -0.507 e. The van der Waals surface area contributed by atoms with Gasteiger partial charge in [0.15, 0.2) is 5.13 Å². The fourth-order valence-corrected chi connectivity index (χ4v) is 5.67. The number of benzene rings is 3. The van der Waals surface area contributed by atoms with E-state index in [1.54, 1.807) is 13.2 Å². The van der Waals surface area contributed by atoms with Gasteiger partial charge in [-0.2, -0.15) is 0 Å². The zero-order valence-electron chi connectivity index (χ0n) is 21.3. The number of ketones is 1. The first-order chi connectivity index (χ1) is 17.7. The Morgan fingerprint density at radius 1 is 1.03 bits per heavy atom. The number of carbonyl (C=O) groups is 2. The van der Waals surface area contributed by atoms with Crippen LogP contribution >= 0.6 is 11.3 Å². The van der Waals surface area contributed by atoms with Crippen LogP contribution in [0.3, 0.4) is 0 Å². The smallest absolute Gasteiger partial charge is 0.301 e. The normalized spacial score (nSPS) is 17.0. The highest BCUT2D eigenvalue weighted by Gasteiger charge is 2.48. The Kier molecular flexibility index (Phi) is 6.21. The van der Waals surface area contributed by atoms with E-state index in [1.165, 1.54) is 16.2 Å². The van der Waals surface area contributed by atoms with Crippen LogP contribution in [0, 0.1) is 13.8 Å². The van der Waals surface area contributed by atoms with Gasteiger partial charge in [-0.1, -0.05) is 35.6 Å². The molecule has 3 aromatic carbocycles. The Morgan fingerprint density at radius 3 is 2.38 bits per heavy atom. The minimum absolute atomic E-state index is 0.0366. The topological polar surface area (TPSA) is 83.0 Å². The summed E-state index contributed by atoms with van der Waals surface area (Å²) in [5.74, 6) is -0.997. The molecule has 8 heteroatoms. The molecule has 37 heavy (non-hydrogen) atoms. The molecule has 5 rings (SSSR count). The molecule has 1 fully saturated rings. The number of fused-ring (bicyclic) bond motifs is 1. The Hall–Kier alpha value is -4.17. The standard InChI is InChI=1S/C29H27N3O4S/c1-16-15-22(36-5)17(2)14-20(16)26(33)24-25(18-10-12-19(13-11-18)31(3)4)32(28(35)27(24)34)29-30-21-8-6-7-9-23(21)37-29/h6-15,25,33H,1-5H3/b26-24+. The molecule has 0 saturated carbocycles. The molecule has 1 aliphatic rings. The lowest BCUT2D eigenvalue weighted by Crippen LogP contribution is -2.29. The molecule has 188 valence electrons. The van der Waals surface area contributed by atoms with Gasteiger partial charge in [-0.25, -0.2) is 4.98 Å². The predicted molar refractivity (Wildman–Crippen MR) is 148 cm³/mol. The number of rotatable bonds is 5. The number of aromatic nitrogens is 1. The third kappa shape index (κ3) is 4.13. The van der Waals surface area contributed by atoms with Gasteiger partial charge < -0.3 is 14.7 Å². The summed E-state index contributed by atoms with van der Waals surface area (Å²) in [7, 11) is 5.47. The molecule has 1 aliphatic heterocycles. The maximum atomic E-state index is 13.5. The lowest BCUT2D eigenvalue weighted by Gasteiger charge is -2.24. The van der Waals surface area contributed by atoms with Crippen molar-refractivity contribution in [2.45, 2.75) is 19.9 Å². The molecule has 1 aromatic heterocycles. The number of aliphatic hydroxyl groups is 1. The van der Waals surface area contributed by atoms with Crippen LogP contribution in [0.25, 0.3) is 16.0 Å². The van der Waals surface area contributed by atoms with Crippen molar-refractivity contribution in [3.05, 3.63) is 88.5 Å². The van der Waals surface area contributed by atoms with Gasteiger partial charge in [0.25, 0.3) is 5.78 Å². The third-order valence-electron chi connectivity index (χ3n) is 6.66. The summed E-state index contributed by atoms with van der Waals surface area (Å²) in [5, 5.41) is 12.0. The largest absolute Gasteiger partial charge is 0.507 e. The summed E-state index contributed by atoms with van der Waals surface area (Å²) in [5.41, 5.74) is 4.48. The van der Waals surface area contributed by atoms with E-state index in [2.05, 4.69) is 4.98 Å². The first-order valence-electron chi connectivity index (χ1n) is 11.8. The summed E-state index contributed by atoms with van der Waals surface area (Å²) < 4.78 is 6.32. The van der Waals surface area contributed by atoms with Gasteiger partial charge >= 0.3 is 5.91 Å². The second-order valence-corrected chi connectivity index (χ2v) is 10.3. The highest BCUT2D eigenvalue weighted by molar-refractivity contribution is 7.22. The molecule has 7 nitrogen and oxygen atoms in total. The number of amides is 1. The average molecular weight is 514 g/mol. The zero-order chi connectivity index (χ0) is 26.4. The Morgan fingerprint density at radius 2 is 1.73 bits per heavy atom. The van der Waals surface area contributed by atoms with E-state index in [0.29, 0.717) is 22.0 Å². The number of aryl methyl sites for hydroxylation is 2. The molecule has 4 aromatic rings. The molecule has 0 bridgehead atoms. The molecule has 1 amide bonds. The van der Waals surface area contributed by atoms with Crippen LogP contribution in [-0.4, -0.2) is 43.0 Å². The number of para-hydroxylation sites is 1. The first-order valence-corrected chi connectivity index (χ1v) is 12.6. The number of hydrogen-bond acceptors (Lipinski definition) is 7. The monoisotopic (exact) mass is 513 g/mol. The van der Waals surface area contributed by atoms with E-state index in [9.17, 15) is 14.7 Å². The number of aliphatic hydroxyl groups excluding tert-OH is 1. The van der Waals surface area contributed by atoms with Crippen molar-refractivity contribution < 1.29 is 19.4 Å². The van der Waals surface area contributed by atoms with E-state index >= 15 is 0 Å². The van der Waals surface area contributed by atoms with Crippen LogP contribution in [0.2, 0.25) is 0 Å². The van der Waals surface area contributed by atoms with Crippen molar-refractivity contribution in [1.29, 1.82) is 0 Å². The van der Waals surface area contributed by atoms with E-state index < -0.39 is 17.7 Å². The molecule has 2 heterocycles. The number of thiazole rings is 1. The Balaban J connectivity index is 1.74. The number of methoxy groups -OCH3 is 1. The second kappa shape index (κ2) is 9.37. The van der Waals surface area contributed by atoms with Crippen LogP contribution < -0.4 is 14.5 Å². The molecule has 0 spiro atoms. The van der Waals surface area contributed by atoms with Crippen LogP contribution in [0.5, 0.6) is 5.75 Å². The highest BCUT2D eigenvalue weighted by Crippen LogP contribution is 2.45. The van der Waals surface area contributed by atoms with Crippen LogP contribution in [0.1, 0.15) is 28.3 Å². The zero-order valence-corrected chi connectivity index (χ0v) is 22.1. The molecule has 1 unspecified atom stereocenters. The number of ether oxygens (including phenoxy) is 1. The van der Waals surface area contributed by atoms with E-state index in [-0.39, 0.29) is 11.3 Å². The summed E-state index contributed by atoms with van der Waals surface area (Å²) in [6.45, 7) is 3.70. The fraction of sp³-hybridized carbons (Fsp3) is 0.207. The molecule has 1 atom stereocenters. The summed E-state index contributed by atoms with van der Waals surface area (Å²) in [6, 6.07) is 18.0. The van der Waals surface area contributed by atoms with Crippen molar-refractivity contribution in [3.63, 3.8) is 0 Å². The lowest BCUT2D eigenvalue weighted by molar-refractivity contribution is -0.132. The number of hydrogen-bond donors (Lipinski definition) is 1. The lowest BCUT2D eigenvalue weighted by atomic mass is 9.93. The molecule has 1 saturated heterocycles. The van der Waals surface area contributed by atoms with Crippen molar-refractivity contribution in [2.75, 3.05) is 31.0 Å². The molecular weight excluding hydrogens is 486 g/mol. The van der Waals surface area contributed by atoms with Gasteiger partial charge in [0.2, 0.25) is 0 Å². The minimum atomic E-state index is -0.835. The molecule has 1 N–H and O–H groups in total. The van der Waals surface area contributed by atoms with Crippen LogP contribution in [0.4, 0.5) is 10.8 Å². The molecular formula is C29H27N3O4S. The number of Topliss-reactive ketones (excluding diaryl/α,β-unsaturated/α-hetero) is 1. The number of carbonyl (C=O) groups excluding carboxylic acids is 2. The van der Waals surface area contributed by atoms with Gasteiger partial charge in [0, 0.05) is 25.3 Å². The molecule has 0 radical (unpaired) electrons. The van der Waals surface area contributed by atoms with Crippen LogP contribution in [0.15, 0.2) is 66.2 Å². The average Bonchev–Trinajstić information content (AvgIpc) is 3.43. The highest BCUT2D eigenvalue weighted by atomic mass is 32.1. The third-order valence-corrected chi connectivity index (χ3v) is 7.69.